The molecule has 0 radical (unpaired) electrons. The van der Waals surface area contributed by atoms with Gasteiger partial charge < -0.3 is 15.4 Å². The van der Waals surface area contributed by atoms with Gasteiger partial charge in [-0.1, -0.05) is 11.6 Å². The Bertz CT molecular complexity index is 579. The van der Waals surface area contributed by atoms with Crippen LogP contribution in [-0.4, -0.2) is 42.5 Å². The predicted molar refractivity (Wildman–Crippen MR) is 78.4 cm³/mol. The van der Waals surface area contributed by atoms with Crippen molar-refractivity contribution < 1.29 is 14.5 Å². The van der Waals surface area contributed by atoms with Gasteiger partial charge in [-0.15, -0.1) is 0 Å². The molecule has 1 fully saturated rings. The van der Waals surface area contributed by atoms with E-state index in [-0.39, 0.29) is 33.8 Å². The Morgan fingerprint density at radius 3 is 2.95 bits per heavy atom. The molecular formula is C13H16ClN3O4. The molecule has 1 aromatic carbocycles. The van der Waals surface area contributed by atoms with Crippen molar-refractivity contribution in [2.75, 3.05) is 32.5 Å². The first-order valence-corrected chi connectivity index (χ1v) is 6.83. The minimum atomic E-state index is -0.597. The predicted octanol–water partition coefficient (Wildman–Crippen LogP) is 1.94. The van der Waals surface area contributed by atoms with Crippen molar-refractivity contribution in [3.05, 3.63) is 32.8 Å². The Balaban J connectivity index is 2.25. The van der Waals surface area contributed by atoms with Gasteiger partial charge in [0.05, 0.1) is 27.8 Å². The maximum atomic E-state index is 12.5. The number of likely N-dealkylation sites (tertiary alicyclic amines) is 1. The summed E-state index contributed by atoms with van der Waals surface area (Å²) in [6.45, 7) is 1.70. The average Bonchev–Trinajstić information content (AvgIpc) is 2.89. The van der Waals surface area contributed by atoms with Crippen LogP contribution in [0.5, 0.6) is 0 Å². The molecule has 1 amide bonds. The lowest BCUT2D eigenvalue weighted by Gasteiger charge is -2.18. The number of hydrogen-bond acceptors (Lipinski definition) is 5. The fourth-order valence-electron chi connectivity index (χ4n) is 2.45. The number of hydrogen-bond donors (Lipinski definition) is 1. The highest BCUT2D eigenvalue weighted by atomic mass is 35.5. The number of methoxy groups -OCH3 is 1. The number of amides is 1. The number of benzene rings is 1. The molecule has 1 saturated heterocycles. The van der Waals surface area contributed by atoms with Gasteiger partial charge in [-0.3, -0.25) is 14.9 Å². The third-order valence-corrected chi connectivity index (χ3v) is 3.84. The van der Waals surface area contributed by atoms with Crippen LogP contribution in [0.25, 0.3) is 0 Å². The first-order chi connectivity index (χ1) is 9.93. The molecule has 1 aromatic rings. The van der Waals surface area contributed by atoms with Crippen LogP contribution in [0.3, 0.4) is 0 Å². The molecule has 7 nitrogen and oxygen atoms in total. The van der Waals surface area contributed by atoms with Crippen molar-refractivity contribution in [2.45, 2.75) is 6.42 Å². The van der Waals surface area contributed by atoms with Crippen LogP contribution in [0.1, 0.15) is 16.8 Å². The Morgan fingerprint density at radius 1 is 1.62 bits per heavy atom. The van der Waals surface area contributed by atoms with Crippen molar-refractivity contribution in [1.29, 1.82) is 0 Å². The summed E-state index contributed by atoms with van der Waals surface area (Å²) in [6.07, 6.45) is 0.835. The van der Waals surface area contributed by atoms with Crippen LogP contribution >= 0.6 is 11.6 Å². The number of anilines is 1. The van der Waals surface area contributed by atoms with Crippen molar-refractivity contribution in [1.82, 2.24) is 4.90 Å². The van der Waals surface area contributed by atoms with Crippen molar-refractivity contribution in [3.8, 4) is 0 Å². The van der Waals surface area contributed by atoms with Crippen LogP contribution in [0.15, 0.2) is 12.1 Å². The summed E-state index contributed by atoms with van der Waals surface area (Å²) >= 11 is 5.87. The summed E-state index contributed by atoms with van der Waals surface area (Å²) in [5.41, 5.74) is 5.69. The van der Waals surface area contributed by atoms with Gasteiger partial charge in [-0.2, -0.15) is 0 Å². The van der Waals surface area contributed by atoms with Crippen molar-refractivity contribution in [2.24, 2.45) is 5.92 Å². The smallest absolute Gasteiger partial charge is 0.271 e. The number of rotatable bonds is 4. The lowest BCUT2D eigenvalue weighted by Crippen LogP contribution is -2.30. The molecule has 8 heteroatoms. The van der Waals surface area contributed by atoms with Gasteiger partial charge >= 0.3 is 0 Å². The molecule has 0 aliphatic carbocycles. The van der Waals surface area contributed by atoms with Crippen LogP contribution in [0.2, 0.25) is 5.02 Å². The fourth-order valence-corrected chi connectivity index (χ4v) is 2.66. The SMILES string of the molecule is COCC1CCN(C(=O)c2cc([N+](=O)[O-])cc(Cl)c2N)C1. The second kappa shape index (κ2) is 6.28. The minimum Gasteiger partial charge on any atom is -0.397 e. The Labute approximate surface area is 126 Å². The van der Waals surface area contributed by atoms with E-state index in [1.165, 1.54) is 6.07 Å². The van der Waals surface area contributed by atoms with Crippen molar-refractivity contribution in [3.63, 3.8) is 0 Å². The zero-order chi connectivity index (χ0) is 15.6. The van der Waals surface area contributed by atoms with Gasteiger partial charge in [-0.05, 0) is 6.42 Å². The summed E-state index contributed by atoms with van der Waals surface area (Å²) < 4.78 is 5.08. The molecule has 2 N–H and O–H groups in total. The van der Waals surface area contributed by atoms with Gasteiger partial charge in [0.2, 0.25) is 0 Å². The molecule has 0 saturated carbocycles. The van der Waals surface area contributed by atoms with E-state index < -0.39 is 4.92 Å². The molecule has 21 heavy (non-hydrogen) atoms. The molecule has 1 unspecified atom stereocenters. The van der Waals surface area contributed by atoms with E-state index in [2.05, 4.69) is 0 Å². The van der Waals surface area contributed by atoms with E-state index >= 15 is 0 Å². The minimum absolute atomic E-state index is 0.0141. The normalized spacial score (nSPS) is 18.0. The molecule has 114 valence electrons. The van der Waals surface area contributed by atoms with E-state index in [4.69, 9.17) is 22.1 Å². The molecule has 1 atom stereocenters. The number of carbonyl (C=O) groups excluding carboxylic acids is 1. The van der Waals surface area contributed by atoms with Crippen LogP contribution < -0.4 is 5.73 Å². The van der Waals surface area contributed by atoms with Gasteiger partial charge in [0.25, 0.3) is 11.6 Å². The first-order valence-electron chi connectivity index (χ1n) is 6.45. The zero-order valence-electron chi connectivity index (χ0n) is 11.5. The van der Waals surface area contributed by atoms with Gasteiger partial charge in [0.15, 0.2) is 0 Å². The molecule has 1 heterocycles. The highest BCUT2D eigenvalue weighted by molar-refractivity contribution is 6.34. The number of nitro groups is 1. The summed E-state index contributed by atoms with van der Waals surface area (Å²) in [6, 6.07) is 2.32. The summed E-state index contributed by atoms with van der Waals surface area (Å²) in [5, 5.41) is 10.9. The number of nitrogens with zero attached hydrogens (tertiary/aromatic N) is 2. The molecule has 0 bridgehead atoms. The third kappa shape index (κ3) is 3.25. The number of halogens is 1. The van der Waals surface area contributed by atoms with Gasteiger partial charge in [-0.25, -0.2) is 0 Å². The average molecular weight is 314 g/mol. The standard InChI is InChI=1S/C13H16ClN3O4/c1-21-7-8-2-3-16(6-8)13(18)10-4-9(17(19)20)5-11(14)12(10)15/h4-5,8H,2-3,6-7,15H2,1H3. The summed E-state index contributed by atoms with van der Waals surface area (Å²) in [5.74, 6) is -0.0638. The van der Waals surface area contributed by atoms with E-state index in [9.17, 15) is 14.9 Å². The number of nitrogen functional groups attached to an aromatic ring is 1. The molecule has 1 aliphatic rings. The number of carbonyl (C=O) groups is 1. The summed E-state index contributed by atoms with van der Waals surface area (Å²) in [7, 11) is 1.61. The molecular weight excluding hydrogens is 298 g/mol. The highest BCUT2D eigenvalue weighted by Gasteiger charge is 2.29. The van der Waals surface area contributed by atoms with Gasteiger partial charge in [0.1, 0.15) is 0 Å². The first kappa shape index (κ1) is 15.5. The fraction of sp³-hybridized carbons (Fsp3) is 0.462. The Hall–Kier alpha value is -1.86. The Kier molecular flexibility index (Phi) is 4.64. The third-order valence-electron chi connectivity index (χ3n) is 3.53. The lowest BCUT2D eigenvalue weighted by atomic mass is 10.1. The largest absolute Gasteiger partial charge is 0.397 e. The molecule has 0 aromatic heterocycles. The van der Waals surface area contributed by atoms with E-state index in [0.717, 1.165) is 12.5 Å². The van der Waals surface area contributed by atoms with Crippen LogP contribution in [-0.2, 0) is 4.74 Å². The number of non-ortho nitro benzene ring substituents is 1. The number of ether oxygens (including phenoxy) is 1. The maximum absolute atomic E-state index is 12.5. The topological polar surface area (TPSA) is 98.7 Å². The highest BCUT2D eigenvalue weighted by Crippen LogP contribution is 2.30. The van der Waals surface area contributed by atoms with Crippen molar-refractivity contribution >= 4 is 28.9 Å². The second-order valence-electron chi connectivity index (χ2n) is 5.01. The maximum Gasteiger partial charge on any atom is 0.271 e. The van der Waals surface area contributed by atoms with E-state index in [1.54, 1.807) is 12.0 Å². The zero-order valence-corrected chi connectivity index (χ0v) is 12.3. The van der Waals surface area contributed by atoms with E-state index in [0.29, 0.717) is 19.7 Å². The number of nitro benzene ring substituents is 1. The second-order valence-corrected chi connectivity index (χ2v) is 5.41. The van der Waals surface area contributed by atoms with Crippen LogP contribution in [0.4, 0.5) is 11.4 Å². The van der Waals surface area contributed by atoms with Gasteiger partial charge in [0, 0.05) is 38.2 Å². The quantitative estimate of drug-likeness (QED) is 0.520. The summed E-state index contributed by atoms with van der Waals surface area (Å²) in [4.78, 5) is 24.4. The number of nitrogens with two attached hydrogens (primary N) is 1. The molecule has 2 rings (SSSR count). The molecule has 0 spiro atoms. The van der Waals surface area contributed by atoms with E-state index in [1.807, 2.05) is 0 Å². The monoisotopic (exact) mass is 313 g/mol. The molecule has 1 aliphatic heterocycles. The lowest BCUT2D eigenvalue weighted by molar-refractivity contribution is -0.384. The Morgan fingerprint density at radius 2 is 2.33 bits per heavy atom. The van der Waals surface area contributed by atoms with Crippen LogP contribution in [0, 0.1) is 16.0 Å².